The molecule has 0 amide bonds. The molecule has 2 aromatic carbocycles. The Morgan fingerprint density at radius 2 is 1.88 bits per heavy atom. The number of aromatic nitrogens is 3. The molecule has 25 heavy (non-hydrogen) atoms. The van der Waals surface area contributed by atoms with E-state index < -0.39 is 0 Å². The Morgan fingerprint density at radius 1 is 1.08 bits per heavy atom. The number of halogens is 2. The molecule has 0 aliphatic carbocycles. The van der Waals surface area contributed by atoms with Gasteiger partial charge in [0.1, 0.15) is 5.69 Å². The van der Waals surface area contributed by atoms with Crippen molar-refractivity contribution in [3.63, 3.8) is 0 Å². The van der Waals surface area contributed by atoms with Crippen molar-refractivity contribution in [2.45, 2.75) is 6.54 Å². The Labute approximate surface area is 152 Å². The summed E-state index contributed by atoms with van der Waals surface area (Å²) >= 11 is 12.1. The van der Waals surface area contributed by atoms with Crippen LogP contribution >= 0.6 is 23.2 Å². The normalized spacial score (nSPS) is 11.1. The average Bonchev–Trinajstić information content (AvgIpc) is 3.07. The average molecular weight is 372 g/mol. The molecule has 124 valence electrons. The summed E-state index contributed by atoms with van der Waals surface area (Å²) in [5.74, 6) is 0.642. The minimum Gasteiger partial charge on any atom is -0.356 e. The van der Waals surface area contributed by atoms with E-state index in [0.717, 1.165) is 5.56 Å². The predicted octanol–water partition coefficient (Wildman–Crippen LogP) is 4.41. The van der Waals surface area contributed by atoms with E-state index in [4.69, 9.17) is 27.7 Å². The summed E-state index contributed by atoms with van der Waals surface area (Å²) in [6.45, 7) is 0.238. The molecule has 5 nitrogen and oxygen atoms in total. The van der Waals surface area contributed by atoms with Gasteiger partial charge in [-0.2, -0.15) is 0 Å². The van der Waals surface area contributed by atoms with Gasteiger partial charge in [-0.1, -0.05) is 58.7 Å². The summed E-state index contributed by atoms with van der Waals surface area (Å²) in [4.78, 5) is 16.9. The first-order valence-corrected chi connectivity index (χ1v) is 8.22. The topological polar surface area (TPSA) is 60.9 Å². The summed E-state index contributed by atoms with van der Waals surface area (Å²) in [5.41, 5.74) is 1.73. The molecular weight excluding hydrogens is 361 g/mol. The zero-order valence-corrected chi connectivity index (χ0v) is 14.3. The van der Waals surface area contributed by atoms with Crippen molar-refractivity contribution < 1.29 is 4.52 Å². The highest BCUT2D eigenvalue weighted by atomic mass is 35.5. The van der Waals surface area contributed by atoms with E-state index in [0.29, 0.717) is 32.4 Å². The van der Waals surface area contributed by atoms with Crippen LogP contribution in [0.1, 0.15) is 5.69 Å². The molecule has 2 aromatic heterocycles. The second kappa shape index (κ2) is 6.35. The lowest BCUT2D eigenvalue weighted by Gasteiger charge is -2.05. The lowest BCUT2D eigenvalue weighted by atomic mass is 10.1. The van der Waals surface area contributed by atoms with E-state index in [1.54, 1.807) is 18.2 Å². The molecule has 0 aliphatic heterocycles. The maximum absolute atomic E-state index is 12.7. The number of hydrogen-bond acceptors (Lipinski definition) is 4. The van der Waals surface area contributed by atoms with Gasteiger partial charge in [0.2, 0.25) is 0 Å². The first-order chi connectivity index (χ1) is 12.1. The third kappa shape index (κ3) is 3.04. The highest BCUT2D eigenvalue weighted by molar-refractivity contribution is 6.38. The molecule has 0 fully saturated rings. The molecule has 0 unspecified atom stereocenters. The largest absolute Gasteiger partial charge is 0.356 e. The molecule has 4 rings (SSSR count). The Balaban J connectivity index is 1.71. The van der Waals surface area contributed by atoms with E-state index in [9.17, 15) is 4.79 Å². The van der Waals surface area contributed by atoms with Gasteiger partial charge in [0.05, 0.1) is 28.8 Å². The molecule has 0 spiro atoms. The molecule has 0 saturated heterocycles. The van der Waals surface area contributed by atoms with Gasteiger partial charge < -0.3 is 4.52 Å². The van der Waals surface area contributed by atoms with Crippen molar-refractivity contribution in [1.29, 1.82) is 0 Å². The molecule has 0 N–H and O–H groups in total. The summed E-state index contributed by atoms with van der Waals surface area (Å²) < 4.78 is 6.81. The summed E-state index contributed by atoms with van der Waals surface area (Å²) in [6, 6.07) is 14.6. The molecular formula is C18H11Cl2N3O2. The molecule has 0 aliphatic rings. The molecule has 0 atom stereocenters. The number of benzene rings is 2. The monoisotopic (exact) mass is 371 g/mol. The van der Waals surface area contributed by atoms with Gasteiger partial charge in [0.25, 0.3) is 5.56 Å². The van der Waals surface area contributed by atoms with Crippen molar-refractivity contribution in [2.24, 2.45) is 0 Å². The second-order valence-electron chi connectivity index (χ2n) is 5.51. The van der Waals surface area contributed by atoms with Crippen LogP contribution in [0, 0.1) is 0 Å². The van der Waals surface area contributed by atoms with Crippen LogP contribution in [0.4, 0.5) is 0 Å². The van der Waals surface area contributed by atoms with E-state index in [2.05, 4.69) is 10.1 Å². The van der Waals surface area contributed by atoms with Gasteiger partial charge in [-0.25, -0.2) is 4.98 Å². The van der Waals surface area contributed by atoms with Crippen LogP contribution in [0.2, 0.25) is 10.0 Å². The summed E-state index contributed by atoms with van der Waals surface area (Å²) in [6.07, 6.45) is 1.45. The van der Waals surface area contributed by atoms with Gasteiger partial charge in [0.15, 0.2) is 5.76 Å². The summed E-state index contributed by atoms with van der Waals surface area (Å²) in [7, 11) is 0. The van der Waals surface area contributed by atoms with Crippen molar-refractivity contribution in [1.82, 2.24) is 14.7 Å². The molecule has 0 saturated carbocycles. The van der Waals surface area contributed by atoms with Crippen LogP contribution in [0.5, 0.6) is 0 Å². The van der Waals surface area contributed by atoms with Crippen LogP contribution < -0.4 is 5.56 Å². The van der Waals surface area contributed by atoms with Crippen LogP contribution in [-0.2, 0) is 6.54 Å². The highest BCUT2D eigenvalue weighted by Gasteiger charge is 2.12. The Bertz CT molecular complexity index is 1120. The highest BCUT2D eigenvalue weighted by Crippen LogP contribution is 2.24. The maximum atomic E-state index is 12.7. The standard InChI is InChI=1S/C18H11Cl2N3O2/c19-12-6-14-17(15(20)7-12)21-10-23(18(14)24)9-13-8-16(25-22-13)11-4-2-1-3-5-11/h1-8,10H,9H2. The Kier molecular flexibility index (Phi) is 4.03. The van der Waals surface area contributed by atoms with Gasteiger partial charge >= 0.3 is 0 Å². The van der Waals surface area contributed by atoms with Crippen LogP contribution in [0.15, 0.2) is 64.2 Å². The lowest BCUT2D eigenvalue weighted by molar-refractivity contribution is 0.420. The van der Waals surface area contributed by atoms with E-state index in [1.807, 2.05) is 30.3 Å². The van der Waals surface area contributed by atoms with Gasteiger partial charge in [0, 0.05) is 16.7 Å². The van der Waals surface area contributed by atoms with Crippen LogP contribution in [-0.4, -0.2) is 14.7 Å². The number of fused-ring (bicyclic) bond motifs is 1. The van der Waals surface area contributed by atoms with Crippen LogP contribution in [0.25, 0.3) is 22.2 Å². The van der Waals surface area contributed by atoms with Gasteiger partial charge in [-0.3, -0.25) is 9.36 Å². The fourth-order valence-corrected chi connectivity index (χ4v) is 3.15. The SMILES string of the molecule is O=c1c2cc(Cl)cc(Cl)c2ncn1Cc1cc(-c2ccccc2)on1. The zero-order chi connectivity index (χ0) is 17.4. The lowest BCUT2D eigenvalue weighted by Crippen LogP contribution is -2.21. The minimum absolute atomic E-state index is 0.237. The minimum atomic E-state index is -0.237. The zero-order valence-electron chi connectivity index (χ0n) is 12.8. The smallest absolute Gasteiger partial charge is 0.261 e. The van der Waals surface area contributed by atoms with E-state index >= 15 is 0 Å². The molecule has 2 heterocycles. The third-order valence-corrected chi connectivity index (χ3v) is 4.30. The van der Waals surface area contributed by atoms with Crippen molar-refractivity contribution >= 4 is 34.1 Å². The van der Waals surface area contributed by atoms with E-state index in [1.165, 1.54) is 10.9 Å². The Hall–Kier alpha value is -2.63. The number of nitrogens with zero attached hydrogens (tertiary/aromatic N) is 3. The van der Waals surface area contributed by atoms with Crippen molar-refractivity contribution in [3.05, 3.63) is 81.0 Å². The maximum Gasteiger partial charge on any atom is 0.261 e. The fraction of sp³-hybridized carbons (Fsp3) is 0.0556. The van der Waals surface area contributed by atoms with Crippen molar-refractivity contribution in [2.75, 3.05) is 0 Å². The Morgan fingerprint density at radius 3 is 2.68 bits per heavy atom. The number of rotatable bonds is 3. The molecule has 7 heteroatoms. The predicted molar refractivity (Wildman–Crippen MR) is 97.1 cm³/mol. The first kappa shape index (κ1) is 15.9. The van der Waals surface area contributed by atoms with E-state index in [-0.39, 0.29) is 12.1 Å². The quantitative estimate of drug-likeness (QED) is 0.535. The van der Waals surface area contributed by atoms with Crippen LogP contribution in [0.3, 0.4) is 0 Å². The van der Waals surface area contributed by atoms with Crippen molar-refractivity contribution in [3.8, 4) is 11.3 Å². The fourth-order valence-electron chi connectivity index (χ4n) is 2.61. The first-order valence-electron chi connectivity index (χ1n) is 7.47. The second-order valence-corrected chi connectivity index (χ2v) is 6.35. The number of hydrogen-bond donors (Lipinski definition) is 0. The molecule has 4 aromatic rings. The van der Waals surface area contributed by atoms with Gasteiger partial charge in [-0.15, -0.1) is 0 Å². The molecule has 0 bridgehead atoms. The third-order valence-electron chi connectivity index (χ3n) is 3.80. The summed E-state index contributed by atoms with van der Waals surface area (Å²) in [5, 5.41) is 5.13. The molecule has 0 radical (unpaired) electrons. The van der Waals surface area contributed by atoms with Gasteiger partial charge in [-0.05, 0) is 12.1 Å².